The highest BCUT2D eigenvalue weighted by molar-refractivity contribution is 5.85. The number of ether oxygens (including phenoxy) is 1. The number of carbonyl (C=O) groups is 1. The molecule has 0 saturated carbocycles. The molecular formula is C24H23N9O3. The summed E-state index contributed by atoms with van der Waals surface area (Å²) in [5.74, 6) is 1.47. The molecule has 0 spiro atoms. The van der Waals surface area contributed by atoms with E-state index in [1.807, 2.05) is 36.4 Å². The van der Waals surface area contributed by atoms with Crippen LogP contribution in [0, 0.1) is 0 Å². The molecule has 0 saturated heterocycles. The fourth-order valence-corrected chi connectivity index (χ4v) is 3.68. The number of nitrogens with one attached hydrogen (secondary N) is 3. The third-order valence-corrected chi connectivity index (χ3v) is 5.55. The van der Waals surface area contributed by atoms with Crippen LogP contribution in [0.4, 0.5) is 17.3 Å². The molecule has 182 valence electrons. The molecular weight excluding hydrogens is 462 g/mol. The summed E-state index contributed by atoms with van der Waals surface area (Å²) in [6.45, 7) is 0.304. The SMILES string of the molecule is CNC(=O)COc1cc2cc(Nc3cc(NCc4cccnc4)nc4ncnn34)ccc2n(C)c1=O. The summed E-state index contributed by atoms with van der Waals surface area (Å²) in [7, 11) is 3.17. The van der Waals surface area contributed by atoms with Crippen molar-refractivity contribution in [1.29, 1.82) is 0 Å². The zero-order chi connectivity index (χ0) is 25.1. The molecule has 12 nitrogen and oxygen atoms in total. The van der Waals surface area contributed by atoms with Gasteiger partial charge in [0.15, 0.2) is 12.4 Å². The van der Waals surface area contributed by atoms with Crippen molar-refractivity contribution >= 4 is 39.9 Å². The number of likely N-dealkylation sites (N-methyl/N-ethyl adjacent to an activating group) is 1. The van der Waals surface area contributed by atoms with E-state index in [4.69, 9.17) is 4.74 Å². The fraction of sp³-hybridized carbons (Fsp3) is 0.167. The first-order chi connectivity index (χ1) is 17.5. The zero-order valence-corrected chi connectivity index (χ0v) is 19.6. The van der Waals surface area contributed by atoms with E-state index < -0.39 is 0 Å². The van der Waals surface area contributed by atoms with Gasteiger partial charge in [0, 0.05) is 50.2 Å². The molecule has 0 radical (unpaired) electrons. The number of pyridine rings is 2. The first kappa shape index (κ1) is 22.8. The Morgan fingerprint density at radius 1 is 1.17 bits per heavy atom. The van der Waals surface area contributed by atoms with Crippen LogP contribution in [0.1, 0.15) is 5.56 Å². The molecule has 0 unspecified atom stereocenters. The van der Waals surface area contributed by atoms with Gasteiger partial charge in [-0.25, -0.2) is 0 Å². The fourth-order valence-electron chi connectivity index (χ4n) is 3.68. The molecule has 1 aromatic carbocycles. The van der Waals surface area contributed by atoms with E-state index in [1.165, 1.54) is 17.9 Å². The lowest BCUT2D eigenvalue weighted by Gasteiger charge is -2.13. The van der Waals surface area contributed by atoms with Crippen molar-refractivity contribution in [3.63, 3.8) is 0 Å². The number of aryl methyl sites for hydroxylation is 1. The number of benzene rings is 1. The lowest BCUT2D eigenvalue weighted by molar-refractivity contribution is -0.122. The number of nitrogens with zero attached hydrogens (tertiary/aromatic N) is 6. The monoisotopic (exact) mass is 485 g/mol. The molecule has 0 atom stereocenters. The normalized spacial score (nSPS) is 10.9. The van der Waals surface area contributed by atoms with Crippen molar-refractivity contribution < 1.29 is 9.53 Å². The summed E-state index contributed by atoms with van der Waals surface area (Å²) < 4.78 is 8.54. The van der Waals surface area contributed by atoms with Crippen LogP contribution in [-0.4, -0.2) is 48.7 Å². The van der Waals surface area contributed by atoms with Gasteiger partial charge in [-0.3, -0.25) is 14.6 Å². The highest BCUT2D eigenvalue weighted by Crippen LogP contribution is 2.25. The van der Waals surface area contributed by atoms with Crippen molar-refractivity contribution in [2.45, 2.75) is 6.54 Å². The van der Waals surface area contributed by atoms with Gasteiger partial charge in [0.25, 0.3) is 17.2 Å². The van der Waals surface area contributed by atoms with Gasteiger partial charge in [-0.2, -0.15) is 19.6 Å². The van der Waals surface area contributed by atoms with Crippen molar-refractivity contribution in [2.24, 2.45) is 7.05 Å². The van der Waals surface area contributed by atoms with Crippen LogP contribution in [0.15, 0.2) is 66.0 Å². The van der Waals surface area contributed by atoms with Gasteiger partial charge in [0.05, 0.1) is 5.52 Å². The number of amides is 1. The molecule has 36 heavy (non-hydrogen) atoms. The Morgan fingerprint density at radius 2 is 2.06 bits per heavy atom. The Hall–Kier alpha value is -5.00. The topological polar surface area (TPSA) is 140 Å². The maximum absolute atomic E-state index is 12.6. The van der Waals surface area contributed by atoms with Crippen molar-refractivity contribution in [2.75, 3.05) is 24.3 Å². The predicted octanol–water partition coefficient (Wildman–Crippen LogP) is 1.85. The highest BCUT2D eigenvalue weighted by atomic mass is 16.5. The third kappa shape index (κ3) is 4.64. The van der Waals surface area contributed by atoms with E-state index in [-0.39, 0.29) is 23.8 Å². The lowest BCUT2D eigenvalue weighted by Crippen LogP contribution is -2.27. The van der Waals surface area contributed by atoms with E-state index in [2.05, 4.69) is 36.0 Å². The third-order valence-electron chi connectivity index (χ3n) is 5.55. The second kappa shape index (κ2) is 9.70. The highest BCUT2D eigenvalue weighted by Gasteiger charge is 2.12. The predicted molar refractivity (Wildman–Crippen MR) is 134 cm³/mol. The number of anilines is 3. The molecule has 12 heteroatoms. The van der Waals surface area contributed by atoms with Crippen molar-refractivity contribution in [3.05, 3.63) is 77.1 Å². The smallest absolute Gasteiger partial charge is 0.293 e. The first-order valence-electron chi connectivity index (χ1n) is 11.1. The van der Waals surface area contributed by atoms with Gasteiger partial charge in [0.2, 0.25) is 0 Å². The standard InChI is InChI=1S/C24H23N9O3/c1-25-22(34)13-36-19-9-16-8-17(5-6-18(16)32(2)23(19)35)30-21-10-20(31-24-28-14-29-33(21)24)27-12-15-4-3-7-26-11-15/h3-11,14,30H,12-13H2,1-2H3,(H,25,34)(H,27,28,29,31). The molecule has 3 N–H and O–H groups in total. The number of fused-ring (bicyclic) bond motifs is 2. The number of aromatic nitrogens is 6. The van der Waals surface area contributed by atoms with E-state index >= 15 is 0 Å². The second-order valence-corrected chi connectivity index (χ2v) is 7.95. The Balaban J connectivity index is 1.45. The molecule has 4 aromatic heterocycles. The minimum atomic E-state index is -0.324. The van der Waals surface area contributed by atoms with E-state index in [1.54, 1.807) is 30.0 Å². The molecule has 1 amide bonds. The Bertz CT molecular complexity index is 1610. The summed E-state index contributed by atoms with van der Waals surface area (Å²) in [4.78, 5) is 37.1. The van der Waals surface area contributed by atoms with E-state index in [0.29, 0.717) is 24.0 Å². The number of hydrogen-bond donors (Lipinski definition) is 3. The second-order valence-electron chi connectivity index (χ2n) is 7.95. The average Bonchev–Trinajstić information content (AvgIpc) is 3.38. The summed E-state index contributed by atoms with van der Waals surface area (Å²) in [5.41, 5.74) is 2.16. The minimum absolute atomic E-state index is 0.0928. The summed E-state index contributed by atoms with van der Waals surface area (Å²) >= 11 is 0. The maximum atomic E-state index is 12.6. The summed E-state index contributed by atoms with van der Waals surface area (Å²) in [5, 5.41) is 14.1. The quantitative estimate of drug-likeness (QED) is 0.300. The van der Waals surface area contributed by atoms with Gasteiger partial charge in [-0.05, 0) is 35.9 Å². The maximum Gasteiger partial charge on any atom is 0.293 e. The van der Waals surface area contributed by atoms with Crippen LogP contribution in [-0.2, 0) is 18.4 Å². The molecule has 5 rings (SSSR count). The van der Waals surface area contributed by atoms with Gasteiger partial charge in [0.1, 0.15) is 18.0 Å². The molecule has 0 aliphatic carbocycles. The van der Waals surface area contributed by atoms with E-state index in [0.717, 1.165) is 22.2 Å². The largest absolute Gasteiger partial charge is 0.478 e. The van der Waals surface area contributed by atoms with Crippen LogP contribution in [0.3, 0.4) is 0 Å². The summed E-state index contributed by atoms with van der Waals surface area (Å²) in [6, 6.07) is 12.9. The molecule has 0 fully saturated rings. The lowest BCUT2D eigenvalue weighted by atomic mass is 10.2. The Labute approximate surface area is 205 Å². The van der Waals surface area contributed by atoms with Gasteiger partial charge < -0.3 is 25.3 Å². The van der Waals surface area contributed by atoms with Crippen LogP contribution < -0.4 is 26.2 Å². The average molecular weight is 486 g/mol. The molecule has 0 aliphatic rings. The minimum Gasteiger partial charge on any atom is -0.478 e. The Kier molecular flexibility index (Phi) is 6.14. The van der Waals surface area contributed by atoms with Gasteiger partial charge in [-0.15, -0.1) is 0 Å². The zero-order valence-electron chi connectivity index (χ0n) is 19.6. The molecule has 0 aliphatic heterocycles. The molecule has 4 heterocycles. The Morgan fingerprint density at radius 3 is 2.86 bits per heavy atom. The van der Waals surface area contributed by atoms with Crippen LogP contribution >= 0.6 is 0 Å². The molecule has 0 bridgehead atoms. The van der Waals surface area contributed by atoms with Crippen LogP contribution in [0.5, 0.6) is 5.75 Å². The number of rotatable bonds is 8. The van der Waals surface area contributed by atoms with Gasteiger partial charge >= 0.3 is 0 Å². The van der Waals surface area contributed by atoms with Gasteiger partial charge in [-0.1, -0.05) is 6.07 Å². The molecule has 5 aromatic rings. The van der Waals surface area contributed by atoms with E-state index in [9.17, 15) is 9.59 Å². The summed E-state index contributed by atoms with van der Waals surface area (Å²) in [6.07, 6.45) is 4.95. The van der Waals surface area contributed by atoms with Crippen LogP contribution in [0.2, 0.25) is 0 Å². The first-order valence-corrected chi connectivity index (χ1v) is 11.1. The number of hydrogen-bond acceptors (Lipinski definition) is 9. The van der Waals surface area contributed by atoms with Crippen molar-refractivity contribution in [1.82, 2.24) is 34.4 Å². The number of carbonyl (C=O) groups excluding carboxylic acids is 1. The van der Waals surface area contributed by atoms with Crippen LogP contribution in [0.25, 0.3) is 16.7 Å². The van der Waals surface area contributed by atoms with Crippen molar-refractivity contribution in [3.8, 4) is 5.75 Å².